The Morgan fingerprint density at radius 2 is 2.12 bits per heavy atom. The average Bonchev–Trinajstić information content (AvgIpc) is 2.85. The summed E-state index contributed by atoms with van der Waals surface area (Å²) in [5, 5.41) is 10.9. The van der Waals surface area contributed by atoms with Crippen LogP contribution in [-0.4, -0.2) is 4.98 Å². The molecular formula is C12H16N2S2. The lowest BCUT2D eigenvalue weighted by Crippen LogP contribution is -2.11. The van der Waals surface area contributed by atoms with Gasteiger partial charge in [0, 0.05) is 21.9 Å². The zero-order valence-electron chi connectivity index (χ0n) is 9.78. The highest BCUT2D eigenvalue weighted by molar-refractivity contribution is 7.09. The molecule has 0 radical (unpaired) electrons. The third-order valence-corrected chi connectivity index (χ3v) is 3.82. The van der Waals surface area contributed by atoms with Crippen molar-refractivity contribution in [3.05, 3.63) is 32.9 Å². The van der Waals surface area contributed by atoms with Crippen LogP contribution in [0.5, 0.6) is 0 Å². The molecule has 2 rings (SSSR count). The van der Waals surface area contributed by atoms with Crippen molar-refractivity contribution in [3.63, 3.8) is 0 Å². The van der Waals surface area contributed by atoms with Gasteiger partial charge in [-0.25, -0.2) is 4.98 Å². The molecule has 0 atom stereocenters. The summed E-state index contributed by atoms with van der Waals surface area (Å²) in [5.74, 6) is 0. The van der Waals surface area contributed by atoms with Gasteiger partial charge in [-0.3, -0.25) is 0 Å². The van der Waals surface area contributed by atoms with E-state index in [0.717, 1.165) is 11.6 Å². The highest BCUT2D eigenvalue weighted by atomic mass is 32.1. The minimum atomic E-state index is 0.150. The van der Waals surface area contributed by atoms with Gasteiger partial charge in [-0.05, 0) is 11.4 Å². The van der Waals surface area contributed by atoms with Gasteiger partial charge < -0.3 is 5.32 Å². The fourth-order valence-electron chi connectivity index (χ4n) is 1.28. The molecular weight excluding hydrogens is 236 g/mol. The predicted molar refractivity (Wildman–Crippen MR) is 72.5 cm³/mol. The molecule has 16 heavy (non-hydrogen) atoms. The fourth-order valence-corrected chi connectivity index (χ4v) is 2.85. The third-order valence-electron chi connectivity index (χ3n) is 2.29. The molecule has 2 aromatic rings. The van der Waals surface area contributed by atoms with Gasteiger partial charge in [-0.1, -0.05) is 20.8 Å². The number of nitrogens with zero attached hydrogens (tertiary/aromatic N) is 1. The second kappa shape index (κ2) is 4.55. The molecule has 0 saturated carbocycles. The van der Waals surface area contributed by atoms with E-state index in [1.807, 2.05) is 0 Å². The predicted octanol–water partition coefficient (Wildman–Crippen LogP) is 4.11. The second-order valence-corrected chi connectivity index (χ2v) is 6.46. The summed E-state index contributed by atoms with van der Waals surface area (Å²) in [7, 11) is 0. The Hall–Kier alpha value is -0.870. The molecule has 86 valence electrons. The second-order valence-electron chi connectivity index (χ2n) is 4.74. The van der Waals surface area contributed by atoms with Gasteiger partial charge in [0.25, 0.3) is 0 Å². The van der Waals surface area contributed by atoms with Crippen molar-refractivity contribution in [1.29, 1.82) is 0 Å². The zero-order valence-corrected chi connectivity index (χ0v) is 11.4. The molecule has 0 aliphatic heterocycles. The van der Waals surface area contributed by atoms with E-state index in [9.17, 15) is 0 Å². The fraction of sp³-hybridized carbons (Fsp3) is 0.417. The largest absolute Gasteiger partial charge is 0.378 e. The summed E-state index contributed by atoms with van der Waals surface area (Å²) < 4.78 is 0. The number of rotatable bonds is 3. The molecule has 0 saturated heterocycles. The maximum absolute atomic E-state index is 4.64. The van der Waals surface area contributed by atoms with Crippen LogP contribution in [0.15, 0.2) is 22.2 Å². The minimum Gasteiger partial charge on any atom is -0.378 e. The maximum Gasteiger partial charge on any atom is 0.112 e. The van der Waals surface area contributed by atoms with Gasteiger partial charge in [0.05, 0.1) is 12.2 Å². The van der Waals surface area contributed by atoms with E-state index >= 15 is 0 Å². The molecule has 0 fully saturated rings. The monoisotopic (exact) mass is 252 g/mol. The topological polar surface area (TPSA) is 24.9 Å². The van der Waals surface area contributed by atoms with E-state index in [-0.39, 0.29) is 5.41 Å². The number of hydrogen-bond acceptors (Lipinski definition) is 4. The van der Waals surface area contributed by atoms with E-state index in [0.29, 0.717) is 0 Å². The van der Waals surface area contributed by atoms with E-state index in [1.165, 1.54) is 11.4 Å². The van der Waals surface area contributed by atoms with Crippen LogP contribution in [0.2, 0.25) is 0 Å². The summed E-state index contributed by atoms with van der Waals surface area (Å²) in [5.41, 5.74) is 2.51. The van der Waals surface area contributed by atoms with Crippen LogP contribution in [0.3, 0.4) is 0 Å². The molecule has 0 bridgehead atoms. The summed E-state index contributed by atoms with van der Waals surface area (Å²) in [4.78, 5) is 4.64. The Labute approximate surface area is 104 Å². The first-order valence-corrected chi connectivity index (χ1v) is 7.09. The molecule has 4 heteroatoms. The molecule has 0 aliphatic carbocycles. The number of thiophene rings is 1. The molecule has 0 amide bonds. The van der Waals surface area contributed by atoms with Gasteiger partial charge in [-0.2, -0.15) is 11.3 Å². The van der Waals surface area contributed by atoms with Crippen LogP contribution in [0, 0.1) is 0 Å². The Bertz CT molecular complexity index is 438. The summed E-state index contributed by atoms with van der Waals surface area (Å²) >= 11 is 3.43. The SMILES string of the molecule is CC(C)(C)c1csc(CNc2ccsc2)n1. The molecule has 0 unspecified atom stereocenters. The van der Waals surface area contributed by atoms with Crippen LogP contribution in [0.25, 0.3) is 0 Å². The summed E-state index contributed by atoms with van der Waals surface area (Å²) in [6.07, 6.45) is 0. The Morgan fingerprint density at radius 3 is 2.69 bits per heavy atom. The summed E-state index contributed by atoms with van der Waals surface area (Å²) in [6.45, 7) is 7.39. The summed E-state index contributed by atoms with van der Waals surface area (Å²) in [6, 6.07) is 2.09. The smallest absolute Gasteiger partial charge is 0.112 e. The van der Waals surface area contributed by atoms with Crippen LogP contribution >= 0.6 is 22.7 Å². The van der Waals surface area contributed by atoms with Gasteiger partial charge in [0.1, 0.15) is 5.01 Å². The highest BCUT2D eigenvalue weighted by Gasteiger charge is 2.17. The van der Waals surface area contributed by atoms with Crippen molar-refractivity contribution < 1.29 is 0 Å². The molecule has 0 spiro atoms. The van der Waals surface area contributed by atoms with E-state index in [2.05, 4.69) is 53.3 Å². The van der Waals surface area contributed by atoms with Gasteiger partial charge in [0.2, 0.25) is 0 Å². The first kappa shape index (κ1) is 11.6. The van der Waals surface area contributed by atoms with Gasteiger partial charge in [-0.15, -0.1) is 11.3 Å². The maximum atomic E-state index is 4.64. The van der Waals surface area contributed by atoms with Crippen LogP contribution in [0.4, 0.5) is 5.69 Å². The Morgan fingerprint density at radius 1 is 1.31 bits per heavy atom. The Kier molecular flexibility index (Phi) is 3.30. The zero-order chi connectivity index (χ0) is 11.6. The molecule has 1 N–H and O–H groups in total. The van der Waals surface area contributed by atoms with Crippen molar-refractivity contribution in [2.24, 2.45) is 0 Å². The molecule has 2 aromatic heterocycles. The first-order chi connectivity index (χ1) is 7.55. The molecule has 2 heterocycles. The minimum absolute atomic E-state index is 0.150. The standard InChI is InChI=1S/C12H16N2S2/c1-12(2,3)10-8-16-11(14-10)6-13-9-4-5-15-7-9/h4-5,7-8,13H,6H2,1-3H3. The van der Waals surface area contributed by atoms with Crippen molar-refractivity contribution in [2.75, 3.05) is 5.32 Å². The van der Waals surface area contributed by atoms with Crippen LogP contribution in [0.1, 0.15) is 31.5 Å². The third kappa shape index (κ3) is 2.83. The lowest BCUT2D eigenvalue weighted by Gasteiger charge is -2.14. The van der Waals surface area contributed by atoms with E-state index in [4.69, 9.17) is 0 Å². The van der Waals surface area contributed by atoms with E-state index < -0.39 is 0 Å². The van der Waals surface area contributed by atoms with Crippen molar-refractivity contribution >= 4 is 28.4 Å². The quantitative estimate of drug-likeness (QED) is 0.889. The average molecular weight is 252 g/mol. The van der Waals surface area contributed by atoms with Crippen LogP contribution < -0.4 is 5.32 Å². The molecule has 0 aromatic carbocycles. The lowest BCUT2D eigenvalue weighted by atomic mass is 9.93. The van der Waals surface area contributed by atoms with Crippen molar-refractivity contribution in [3.8, 4) is 0 Å². The highest BCUT2D eigenvalue weighted by Crippen LogP contribution is 2.24. The van der Waals surface area contributed by atoms with Gasteiger partial charge >= 0.3 is 0 Å². The first-order valence-electron chi connectivity index (χ1n) is 5.26. The number of anilines is 1. The number of nitrogens with one attached hydrogen (secondary N) is 1. The van der Waals surface area contributed by atoms with E-state index in [1.54, 1.807) is 22.7 Å². The van der Waals surface area contributed by atoms with Gasteiger partial charge in [0.15, 0.2) is 0 Å². The molecule has 2 nitrogen and oxygen atoms in total. The van der Waals surface area contributed by atoms with Crippen molar-refractivity contribution in [1.82, 2.24) is 4.98 Å². The number of hydrogen-bond donors (Lipinski definition) is 1. The Balaban J connectivity index is 1.98. The van der Waals surface area contributed by atoms with Crippen LogP contribution in [-0.2, 0) is 12.0 Å². The lowest BCUT2D eigenvalue weighted by molar-refractivity contribution is 0.571. The number of thiazole rings is 1. The normalized spacial score (nSPS) is 11.7. The molecule has 0 aliphatic rings. The number of aromatic nitrogens is 1. The van der Waals surface area contributed by atoms with Crippen molar-refractivity contribution in [2.45, 2.75) is 32.7 Å².